The van der Waals surface area contributed by atoms with Crippen LogP contribution >= 0.6 is 0 Å². The van der Waals surface area contributed by atoms with E-state index in [1.54, 1.807) is 90.6 Å². The van der Waals surface area contributed by atoms with Crippen molar-refractivity contribution in [2.75, 3.05) is 84.6 Å². The molecule has 708 valence electrons. The normalized spacial score (nSPS) is 11.1. The summed E-state index contributed by atoms with van der Waals surface area (Å²) in [6.45, 7) is 17.8. The van der Waals surface area contributed by atoms with E-state index in [1.165, 1.54) is 116 Å². The van der Waals surface area contributed by atoms with Crippen molar-refractivity contribution < 1.29 is 81.9 Å². The molecule has 0 saturated carbocycles. The number of hydrogen-bond donors (Lipinski definition) is 0. The fourth-order valence-corrected chi connectivity index (χ4v) is 16.6. The van der Waals surface area contributed by atoms with Crippen LogP contribution in [0.1, 0.15) is 153 Å². The zero-order valence-electron chi connectivity index (χ0n) is 83.8. The maximum absolute atomic E-state index is 13.6. The number of halogens is 1. The summed E-state index contributed by atoms with van der Waals surface area (Å²) in [6.07, 6.45) is 3.67. The van der Waals surface area contributed by atoms with Crippen molar-refractivity contribution in [3.8, 4) is 33.8 Å². The van der Waals surface area contributed by atoms with E-state index in [-0.39, 0.29) is 101 Å². The molecule has 18 aromatic rings. The van der Waals surface area contributed by atoms with Gasteiger partial charge in [-0.1, -0.05) is 344 Å². The molecule has 3 atom stereocenters. The molecule has 0 bridgehead atoms. The van der Waals surface area contributed by atoms with Crippen LogP contribution in [-0.4, -0.2) is 99.5 Å². The number of aryl methyl sites for hydroxylation is 4. The summed E-state index contributed by atoms with van der Waals surface area (Å²) >= 11 is 0. The van der Waals surface area contributed by atoms with E-state index < -0.39 is 0 Å². The largest absolute Gasteiger partial charge is 0.673 e. The Morgan fingerprint density at radius 2 is 0.507 bits per heavy atom. The van der Waals surface area contributed by atoms with Crippen LogP contribution in [0.5, 0.6) is 0 Å². The topological polar surface area (TPSA) is 166 Å². The van der Waals surface area contributed by atoms with Gasteiger partial charge in [0, 0.05) is 100 Å². The van der Waals surface area contributed by atoms with E-state index in [0.29, 0.717) is 11.8 Å². The second kappa shape index (κ2) is 60.1. The third-order valence-corrected chi connectivity index (χ3v) is 22.5. The average molecular weight is 2320 g/mol. The first kappa shape index (κ1) is 114. The predicted octanol–water partition coefficient (Wildman–Crippen LogP) is 34.3. The van der Waals surface area contributed by atoms with Gasteiger partial charge in [0.1, 0.15) is 0 Å². The minimum atomic E-state index is -0.335. The van der Waals surface area contributed by atoms with Gasteiger partial charge in [0.05, 0.1) is 0 Å². The van der Waals surface area contributed by atoms with Crippen LogP contribution in [0.2, 0.25) is 0 Å². The van der Waals surface area contributed by atoms with Gasteiger partial charge in [-0.2, -0.15) is 84.6 Å². The maximum atomic E-state index is 13.6. The second-order valence-electron chi connectivity index (χ2n) is 33.2. The molecule has 0 saturated heterocycles. The van der Waals surface area contributed by atoms with Gasteiger partial charge in [0.2, 0.25) is 0 Å². The molecule has 12 nitrogen and oxygen atoms in total. The zero-order valence-corrected chi connectivity index (χ0v) is 94.6. The summed E-state index contributed by atoms with van der Waals surface area (Å²) in [5, 5.41) is 52.3. The quantitative estimate of drug-likeness (QED) is 0.0398. The van der Waals surface area contributed by atoms with Gasteiger partial charge in [0.25, 0.3) is 0 Å². The van der Waals surface area contributed by atoms with E-state index in [9.17, 15) is 4.39 Å². The minimum absolute atomic E-state index is 0. The molecule has 3 aromatic heterocycles. The molecule has 18 rings (SSSR count). The molecule has 138 heavy (non-hydrogen) atoms. The summed E-state index contributed by atoms with van der Waals surface area (Å²) in [6, 6.07) is 126. The van der Waals surface area contributed by atoms with Crippen LogP contribution in [0, 0.1) is 24.0 Å². The zero-order chi connectivity index (χ0) is 96.5. The molecule has 0 aliphatic rings. The second-order valence-corrected chi connectivity index (χ2v) is 33.2. The molecular weight excluding hydrogens is 2190 g/mol. The molecule has 0 aliphatic heterocycles. The molecule has 0 amide bonds. The fraction of sp³-hybridized carbons (Fsp3) is 0.238. The van der Waals surface area contributed by atoms with Gasteiger partial charge in [0.15, 0.2) is 0 Å². The molecule has 0 N–H and O–H groups in total. The first-order valence-electron chi connectivity index (χ1n) is 46.5. The van der Waals surface area contributed by atoms with Crippen molar-refractivity contribution in [1.82, 2.24) is 15.0 Å². The first-order valence-corrected chi connectivity index (χ1v) is 46.5. The van der Waals surface area contributed by atoms with E-state index in [2.05, 4.69) is 372 Å². The van der Waals surface area contributed by atoms with Crippen molar-refractivity contribution in [3.05, 3.63) is 479 Å². The molecule has 0 radical (unpaired) electrons. The Morgan fingerprint density at radius 1 is 0.254 bits per heavy atom. The van der Waals surface area contributed by atoms with Crippen LogP contribution in [-0.2, 0) is 103 Å². The monoisotopic (exact) mass is 2320 g/mol. The van der Waals surface area contributed by atoms with Crippen LogP contribution < -0.4 is 0 Å². The Balaban J connectivity index is 0.000000256. The SMILES string of the molecule is CC(C)c1cccc(C(C)C)c1[N-]C(c1cccc(-c2[c-]cccc2)n1)c1cc2ccccc2c2ccccc12.CCc1cccc(CC)c1[N-]C(c1cccc(-c2[c-]cc(F)cc2)n1)c1cc2ccccc2c2ccccc12.CCc1cccc(CC)c1[N-]C(c1cccc(-c2[c-]cccc2)n1)c1cc2ccccc2c2ccccc12.C[N-]C.C[N-]C.C[N-]C.C[N-]C.C[N-]C.C[N-]C.[Hf].[Hf].[Hf]. The number of pyridine rings is 3. The molecule has 15 aromatic carbocycles. The third-order valence-electron chi connectivity index (χ3n) is 22.5. The van der Waals surface area contributed by atoms with Crippen LogP contribution in [0.4, 0.5) is 21.5 Å². The van der Waals surface area contributed by atoms with E-state index in [0.717, 1.165) is 105 Å². The van der Waals surface area contributed by atoms with Gasteiger partial charge in [-0.3, -0.25) is 4.39 Å². The first-order chi connectivity index (χ1) is 65.9. The summed E-state index contributed by atoms with van der Waals surface area (Å²) in [5.74, 6) is 0.392. The number of fused-ring (bicyclic) bond motifs is 9. The molecule has 0 aliphatic carbocycles. The van der Waals surface area contributed by atoms with Gasteiger partial charge >= 0.3 is 0 Å². The van der Waals surface area contributed by atoms with Crippen LogP contribution in [0.3, 0.4) is 0 Å². The molecular formula is C122H129FHf3N12-12. The minimum Gasteiger partial charge on any atom is -0.673 e. The van der Waals surface area contributed by atoms with Crippen LogP contribution in [0.25, 0.3) is 146 Å². The smallest absolute Gasteiger partial charge is 0.0379 e. The number of aromatic nitrogens is 3. The van der Waals surface area contributed by atoms with Crippen LogP contribution in [0.15, 0.2) is 340 Å². The number of rotatable bonds is 21. The van der Waals surface area contributed by atoms with Gasteiger partial charge < -0.3 is 62.8 Å². The van der Waals surface area contributed by atoms with Crippen molar-refractivity contribution in [3.63, 3.8) is 0 Å². The Morgan fingerprint density at radius 3 is 0.775 bits per heavy atom. The van der Waals surface area contributed by atoms with Crippen molar-refractivity contribution in [2.45, 2.75) is 111 Å². The van der Waals surface area contributed by atoms with E-state index in [1.807, 2.05) is 54.6 Å². The van der Waals surface area contributed by atoms with E-state index >= 15 is 0 Å². The maximum Gasteiger partial charge on any atom is 0.0379 e. The number of nitrogens with zero attached hydrogens (tertiary/aromatic N) is 12. The molecule has 3 heterocycles. The summed E-state index contributed by atoms with van der Waals surface area (Å²) in [4.78, 5) is 15.5. The van der Waals surface area contributed by atoms with Gasteiger partial charge in [-0.05, 0) is 172 Å². The Labute approximate surface area is 878 Å². The Kier molecular flexibility index (Phi) is 49.6. The molecule has 0 fully saturated rings. The number of hydrogen-bond acceptors (Lipinski definition) is 3. The molecule has 3 unspecified atom stereocenters. The van der Waals surface area contributed by atoms with Gasteiger partial charge in [-0.25, -0.2) is 0 Å². The van der Waals surface area contributed by atoms with Gasteiger partial charge in [-0.15, -0.1) is 119 Å². The summed E-state index contributed by atoms with van der Waals surface area (Å²) in [5.41, 5.74) is 22.2. The standard InChI is InChI=1S/C38H34N2.C36H29FN2.C36H30N2.6C2H6N.3Hf/c1-25(2)29-20-12-21-30(26(3)4)37(29)40-38(36-23-13-22-35(39-36)27-14-6-5-7-15-27)34-24-28-16-8-9-17-31(28)32-18-10-11-19-33(32)34;1-3-24-12-9-13-25(4-2)35(24)39-36(34-18-10-17-33(38-34)26-19-21-28(37)22-20-26)32-23-27-11-5-6-14-29(27)30-15-7-8-16-31(30)32;1-3-25-17-12-18-26(4-2)35(25)38-36(34-23-13-22-33(37-34)27-14-6-5-7-15-27)32-24-28-16-8-9-19-29(28)30-20-10-11-21-31(30)32;6*1-3-2;;;/h5-14,16-26,38H,1-4H3;5-19,21-23,36H,3-4H2,1-2H3;5-14,16-24,36H,3-4H2,1-2H3;6*1-2H3;;;/q3*-2;6*-1;;;. The number of benzene rings is 15. The predicted molar refractivity (Wildman–Crippen MR) is 581 cm³/mol. The third kappa shape index (κ3) is 30.0. The average Bonchev–Trinajstić information content (AvgIpc) is 0.771. The van der Waals surface area contributed by atoms with E-state index in [4.69, 9.17) is 30.9 Å². The molecule has 0 spiro atoms. The number of para-hydroxylation sites is 3. The summed E-state index contributed by atoms with van der Waals surface area (Å²) in [7, 11) is 21.0. The Bertz CT molecular complexity index is 6610. The fourth-order valence-electron chi connectivity index (χ4n) is 16.6. The Hall–Kier alpha value is -11.0. The summed E-state index contributed by atoms with van der Waals surface area (Å²) < 4.78 is 13.6. The molecule has 16 heteroatoms. The van der Waals surface area contributed by atoms with Crippen molar-refractivity contribution >= 4 is 81.7 Å². The van der Waals surface area contributed by atoms with Crippen molar-refractivity contribution in [2.24, 2.45) is 0 Å². The van der Waals surface area contributed by atoms with Crippen molar-refractivity contribution in [1.29, 1.82) is 0 Å².